The molecular weight excluding hydrogens is 327 g/mol. The molecule has 6 heteroatoms. The van der Waals surface area contributed by atoms with Gasteiger partial charge in [0.15, 0.2) is 0 Å². The maximum atomic E-state index is 14.1. The topological polar surface area (TPSA) is 49.4 Å². The summed E-state index contributed by atoms with van der Waals surface area (Å²) >= 11 is 3.26. The van der Waals surface area contributed by atoms with Gasteiger partial charge in [-0.05, 0) is 40.9 Å². The van der Waals surface area contributed by atoms with Crippen LogP contribution >= 0.6 is 15.9 Å². The van der Waals surface area contributed by atoms with Crippen molar-refractivity contribution in [3.05, 3.63) is 28.5 Å². The summed E-state index contributed by atoms with van der Waals surface area (Å²) in [4.78, 5) is 25.8. The number of amides is 2. The van der Waals surface area contributed by atoms with Crippen LogP contribution in [0.5, 0.6) is 0 Å². The van der Waals surface area contributed by atoms with E-state index >= 15 is 0 Å². The van der Waals surface area contributed by atoms with Gasteiger partial charge in [0, 0.05) is 4.47 Å². The number of hydrogen-bond donors (Lipinski definition) is 1. The molecule has 2 rings (SSSR count). The van der Waals surface area contributed by atoms with Crippen molar-refractivity contribution in [3.63, 3.8) is 0 Å². The minimum absolute atomic E-state index is 0.123. The number of para-hydroxylation sites is 1. The van der Waals surface area contributed by atoms with Gasteiger partial charge in [0.05, 0.1) is 5.69 Å². The lowest BCUT2D eigenvalue weighted by Gasteiger charge is -2.40. The van der Waals surface area contributed by atoms with Crippen molar-refractivity contribution < 1.29 is 14.0 Å². The molecule has 1 aliphatic heterocycles. The van der Waals surface area contributed by atoms with E-state index in [0.29, 0.717) is 4.47 Å². The summed E-state index contributed by atoms with van der Waals surface area (Å²) in [7, 11) is 0. The van der Waals surface area contributed by atoms with E-state index in [4.69, 9.17) is 0 Å². The summed E-state index contributed by atoms with van der Waals surface area (Å²) in [6, 6.07) is 3.10. The van der Waals surface area contributed by atoms with E-state index < -0.39 is 17.9 Å². The average Bonchev–Trinajstić information content (AvgIpc) is 2.34. The zero-order valence-corrected chi connectivity index (χ0v) is 13.1. The van der Waals surface area contributed by atoms with Gasteiger partial charge < -0.3 is 5.32 Å². The summed E-state index contributed by atoms with van der Waals surface area (Å²) in [6.07, 6.45) is 0. The van der Waals surface area contributed by atoms with E-state index in [9.17, 15) is 14.0 Å². The van der Waals surface area contributed by atoms with Gasteiger partial charge in [-0.2, -0.15) is 0 Å². The van der Waals surface area contributed by atoms with Crippen molar-refractivity contribution in [1.82, 2.24) is 5.32 Å². The minimum atomic E-state index is -0.716. The second kappa shape index (κ2) is 5.52. The van der Waals surface area contributed by atoms with Crippen molar-refractivity contribution in [2.75, 3.05) is 4.90 Å². The van der Waals surface area contributed by atoms with Gasteiger partial charge >= 0.3 is 0 Å². The van der Waals surface area contributed by atoms with Gasteiger partial charge in [0.25, 0.3) is 0 Å². The zero-order chi connectivity index (χ0) is 15.0. The molecule has 0 spiro atoms. The van der Waals surface area contributed by atoms with Crippen molar-refractivity contribution in [2.24, 2.45) is 5.92 Å². The highest BCUT2D eigenvalue weighted by atomic mass is 79.9. The van der Waals surface area contributed by atoms with Gasteiger partial charge in [-0.25, -0.2) is 4.39 Å². The van der Waals surface area contributed by atoms with Crippen LogP contribution in [0.3, 0.4) is 0 Å². The Hall–Kier alpha value is -1.43. The molecule has 1 aliphatic rings. The van der Waals surface area contributed by atoms with Crippen LogP contribution in [-0.2, 0) is 9.59 Å². The van der Waals surface area contributed by atoms with Crippen LogP contribution in [0.15, 0.2) is 22.7 Å². The number of nitrogens with zero attached hydrogens (tertiary/aromatic N) is 1. The molecule has 0 bridgehead atoms. The number of benzene rings is 1. The Morgan fingerprint density at radius 2 is 2.00 bits per heavy atom. The summed E-state index contributed by atoms with van der Waals surface area (Å²) in [5, 5.41) is 2.63. The fourth-order valence-electron chi connectivity index (χ4n) is 2.39. The number of rotatable bonds is 2. The van der Waals surface area contributed by atoms with Gasteiger partial charge in [-0.15, -0.1) is 0 Å². The largest absolute Gasteiger partial charge is 0.343 e. The minimum Gasteiger partial charge on any atom is -0.343 e. The predicted octanol–water partition coefficient (Wildman–Crippen LogP) is 2.46. The fourth-order valence-corrected chi connectivity index (χ4v) is 2.93. The van der Waals surface area contributed by atoms with Gasteiger partial charge in [0.2, 0.25) is 11.8 Å². The van der Waals surface area contributed by atoms with Crippen LogP contribution in [-0.4, -0.2) is 23.9 Å². The summed E-state index contributed by atoms with van der Waals surface area (Å²) in [5.41, 5.74) is 0.123. The molecule has 1 heterocycles. The van der Waals surface area contributed by atoms with Gasteiger partial charge in [-0.1, -0.05) is 19.9 Å². The second-order valence-electron chi connectivity index (χ2n) is 5.20. The SMILES string of the molecule is CC1NC(=O)C(C(C)C)N(c2c(F)cccc2Br)C1=O. The molecule has 1 aromatic rings. The Morgan fingerprint density at radius 1 is 1.35 bits per heavy atom. The molecule has 108 valence electrons. The molecule has 1 fully saturated rings. The first-order valence-electron chi connectivity index (χ1n) is 6.42. The highest BCUT2D eigenvalue weighted by molar-refractivity contribution is 9.10. The molecule has 0 radical (unpaired) electrons. The van der Waals surface area contributed by atoms with Crippen molar-refractivity contribution >= 4 is 33.4 Å². The lowest BCUT2D eigenvalue weighted by molar-refractivity contribution is -0.134. The predicted molar refractivity (Wildman–Crippen MR) is 77.8 cm³/mol. The van der Waals surface area contributed by atoms with E-state index in [1.165, 1.54) is 11.0 Å². The number of nitrogens with one attached hydrogen (secondary N) is 1. The summed E-state index contributed by atoms with van der Waals surface area (Å²) in [5.74, 6) is -1.23. The lowest BCUT2D eigenvalue weighted by Crippen LogP contribution is -2.64. The molecule has 1 N–H and O–H groups in total. The van der Waals surface area contributed by atoms with Crippen LogP contribution in [0, 0.1) is 11.7 Å². The number of piperazine rings is 1. The van der Waals surface area contributed by atoms with Gasteiger partial charge in [0.1, 0.15) is 17.9 Å². The maximum Gasteiger partial charge on any atom is 0.250 e. The lowest BCUT2D eigenvalue weighted by atomic mass is 9.96. The van der Waals surface area contributed by atoms with E-state index in [1.807, 2.05) is 13.8 Å². The molecule has 1 saturated heterocycles. The van der Waals surface area contributed by atoms with Crippen molar-refractivity contribution in [1.29, 1.82) is 0 Å². The van der Waals surface area contributed by atoms with Crippen LogP contribution < -0.4 is 10.2 Å². The van der Waals surface area contributed by atoms with E-state index in [2.05, 4.69) is 21.2 Å². The third-order valence-electron chi connectivity index (χ3n) is 3.32. The molecule has 20 heavy (non-hydrogen) atoms. The van der Waals surface area contributed by atoms with Crippen LogP contribution in [0.1, 0.15) is 20.8 Å². The first-order valence-corrected chi connectivity index (χ1v) is 7.21. The first kappa shape index (κ1) is 15.0. The summed E-state index contributed by atoms with van der Waals surface area (Å²) < 4.78 is 14.6. The van der Waals surface area contributed by atoms with E-state index in [1.54, 1.807) is 19.1 Å². The number of carbonyl (C=O) groups excluding carboxylic acids is 2. The van der Waals surface area contributed by atoms with E-state index in [0.717, 1.165) is 0 Å². The molecule has 2 unspecified atom stereocenters. The molecule has 0 aliphatic carbocycles. The number of hydrogen-bond acceptors (Lipinski definition) is 2. The Morgan fingerprint density at radius 3 is 2.55 bits per heavy atom. The fraction of sp³-hybridized carbons (Fsp3) is 0.429. The Balaban J connectivity index is 2.59. The van der Waals surface area contributed by atoms with Crippen molar-refractivity contribution in [3.8, 4) is 0 Å². The maximum absolute atomic E-state index is 14.1. The van der Waals surface area contributed by atoms with Crippen molar-refractivity contribution in [2.45, 2.75) is 32.9 Å². The highest BCUT2D eigenvalue weighted by Crippen LogP contribution is 2.34. The second-order valence-corrected chi connectivity index (χ2v) is 6.05. The Labute approximate surface area is 125 Å². The molecule has 0 aromatic heterocycles. The molecular formula is C14H16BrFN2O2. The number of anilines is 1. The summed E-state index contributed by atoms with van der Waals surface area (Å²) in [6.45, 7) is 5.25. The zero-order valence-electron chi connectivity index (χ0n) is 11.5. The number of halogens is 2. The van der Waals surface area contributed by atoms with Crippen LogP contribution in [0.25, 0.3) is 0 Å². The number of carbonyl (C=O) groups is 2. The average molecular weight is 343 g/mol. The monoisotopic (exact) mass is 342 g/mol. The molecule has 1 aromatic carbocycles. The normalized spacial score (nSPS) is 23.2. The standard InChI is InChI=1S/C14H16BrFN2O2/c1-7(2)11-13(19)17-8(3)14(20)18(11)12-9(15)5-4-6-10(12)16/h4-8,11H,1-3H3,(H,17,19). The van der Waals surface area contributed by atoms with Crippen LogP contribution in [0.4, 0.5) is 10.1 Å². The molecule has 4 nitrogen and oxygen atoms in total. The van der Waals surface area contributed by atoms with Crippen LogP contribution in [0.2, 0.25) is 0 Å². The third-order valence-corrected chi connectivity index (χ3v) is 3.96. The van der Waals surface area contributed by atoms with E-state index in [-0.39, 0.29) is 23.4 Å². The molecule has 2 amide bonds. The third kappa shape index (κ3) is 2.44. The Kier molecular flexibility index (Phi) is 4.13. The molecule has 2 atom stereocenters. The quantitative estimate of drug-likeness (QED) is 0.897. The first-order chi connectivity index (χ1) is 9.34. The smallest absolute Gasteiger partial charge is 0.250 e. The molecule has 0 saturated carbocycles. The Bertz CT molecular complexity index is 542. The van der Waals surface area contributed by atoms with Gasteiger partial charge in [-0.3, -0.25) is 14.5 Å². The highest BCUT2D eigenvalue weighted by Gasteiger charge is 2.42.